The number of nitrogens with zero attached hydrogens (tertiary/aromatic N) is 2. The Hall–Kier alpha value is -0.550. The molecule has 2 rings (SSSR count). The van der Waals surface area contributed by atoms with Crippen LogP contribution in [0.25, 0.3) is 0 Å². The summed E-state index contributed by atoms with van der Waals surface area (Å²) in [5.74, 6) is 2.74. The van der Waals surface area contributed by atoms with E-state index in [0.29, 0.717) is 11.5 Å². The lowest BCUT2D eigenvalue weighted by Crippen LogP contribution is -2.49. The normalized spacial score (nSPS) is 33.1. The Morgan fingerprint density at radius 1 is 1.05 bits per heavy atom. The van der Waals surface area contributed by atoms with Crippen molar-refractivity contribution in [2.24, 2.45) is 29.1 Å². The molecule has 1 saturated heterocycles. The van der Waals surface area contributed by atoms with Crippen LogP contribution in [0.2, 0.25) is 0 Å². The summed E-state index contributed by atoms with van der Waals surface area (Å²) in [6.07, 6.45) is 6.22. The number of rotatable bonds is 2. The maximum Gasteiger partial charge on any atom is 0.0672 e. The van der Waals surface area contributed by atoms with Gasteiger partial charge in [-0.1, -0.05) is 34.6 Å². The highest BCUT2D eigenvalue weighted by molar-refractivity contribution is 5.00. The quantitative estimate of drug-likeness (QED) is 0.736. The van der Waals surface area contributed by atoms with Gasteiger partial charge >= 0.3 is 0 Å². The lowest BCUT2D eigenvalue weighted by atomic mass is 9.67. The van der Waals surface area contributed by atoms with Crippen molar-refractivity contribution in [2.75, 3.05) is 13.1 Å². The molecule has 1 aliphatic heterocycles. The van der Waals surface area contributed by atoms with Crippen LogP contribution in [0.15, 0.2) is 0 Å². The van der Waals surface area contributed by atoms with Crippen LogP contribution in [-0.4, -0.2) is 24.0 Å². The summed E-state index contributed by atoms with van der Waals surface area (Å²) >= 11 is 0. The first-order valence-corrected chi connectivity index (χ1v) is 8.96. The maximum atomic E-state index is 9.54. The molecule has 2 fully saturated rings. The molecule has 120 valence electrons. The highest BCUT2D eigenvalue weighted by Gasteiger charge is 2.39. The first-order valence-electron chi connectivity index (χ1n) is 8.96. The van der Waals surface area contributed by atoms with Gasteiger partial charge < -0.3 is 0 Å². The van der Waals surface area contributed by atoms with Gasteiger partial charge in [0.15, 0.2) is 0 Å². The summed E-state index contributed by atoms with van der Waals surface area (Å²) in [6, 6.07) is 3.13. The van der Waals surface area contributed by atoms with Crippen LogP contribution in [0.1, 0.15) is 66.7 Å². The van der Waals surface area contributed by atoms with Crippen molar-refractivity contribution in [3.8, 4) is 6.07 Å². The summed E-state index contributed by atoms with van der Waals surface area (Å²) in [7, 11) is 0. The van der Waals surface area contributed by atoms with E-state index in [4.69, 9.17) is 0 Å². The standard InChI is InChI=1S/C19H34N2/c1-14(2)15-8-10-21(11-9-15)18-12-17(19(3,4)5)7-6-16(18)13-20/h14-18H,6-12H2,1-5H3. The Labute approximate surface area is 131 Å². The van der Waals surface area contributed by atoms with Crippen molar-refractivity contribution in [3.63, 3.8) is 0 Å². The zero-order valence-corrected chi connectivity index (χ0v) is 14.7. The molecular weight excluding hydrogens is 256 g/mol. The van der Waals surface area contributed by atoms with E-state index >= 15 is 0 Å². The van der Waals surface area contributed by atoms with Gasteiger partial charge in [0.1, 0.15) is 0 Å². The molecular formula is C19H34N2. The van der Waals surface area contributed by atoms with E-state index in [1.807, 2.05) is 0 Å². The summed E-state index contributed by atoms with van der Waals surface area (Å²) in [4.78, 5) is 2.66. The predicted octanol–water partition coefficient (Wildman–Crippen LogP) is 4.71. The van der Waals surface area contributed by atoms with E-state index < -0.39 is 0 Å². The van der Waals surface area contributed by atoms with E-state index in [-0.39, 0.29) is 5.92 Å². The molecule has 0 bridgehead atoms. The molecule has 2 aliphatic rings. The van der Waals surface area contributed by atoms with Crippen LogP contribution in [0, 0.1) is 40.4 Å². The van der Waals surface area contributed by atoms with Crippen molar-refractivity contribution in [2.45, 2.75) is 72.8 Å². The summed E-state index contributed by atoms with van der Waals surface area (Å²) in [5.41, 5.74) is 0.384. The second-order valence-electron chi connectivity index (χ2n) is 8.80. The fourth-order valence-electron chi connectivity index (χ4n) is 4.41. The molecule has 1 heterocycles. The fourth-order valence-corrected chi connectivity index (χ4v) is 4.41. The summed E-state index contributed by atoms with van der Waals surface area (Å²) in [6.45, 7) is 14.2. The van der Waals surface area contributed by atoms with Crippen molar-refractivity contribution in [1.29, 1.82) is 5.26 Å². The van der Waals surface area contributed by atoms with Crippen LogP contribution < -0.4 is 0 Å². The molecule has 0 spiro atoms. The Kier molecular flexibility index (Phi) is 5.36. The topological polar surface area (TPSA) is 27.0 Å². The van der Waals surface area contributed by atoms with Crippen molar-refractivity contribution >= 4 is 0 Å². The molecule has 1 saturated carbocycles. The van der Waals surface area contributed by atoms with Gasteiger partial charge in [-0.2, -0.15) is 5.26 Å². The molecule has 2 heteroatoms. The minimum absolute atomic E-state index is 0.263. The molecule has 0 aromatic heterocycles. The Balaban J connectivity index is 2.00. The van der Waals surface area contributed by atoms with Gasteiger partial charge in [0, 0.05) is 6.04 Å². The molecule has 0 aromatic carbocycles. The minimum atomic E-state index is 0.263. The van der Waals surface area contributed by atoms with Crippen LogP contribution >= 0.6 is 0 Å². The third-order valence-electron chi connectivity index (χ3n) is 6.19. The third-order valence-corrected chi connectivity index (χ3v) is 6.19. The predicted molar refractivity (Wildman–Crippen MR) is 88.8 cm³/mol. The highest BCUT2D eigenvalue weighted by atomic mass is 15.2. The van der Waals surface area contributed by atoms with Crippen molar-refractivity contribution in [1.82, 2.24) is 4.90 Å². The molecule has 3 atom stereocenters. The molecule has 3 unspecified atom stereocenters. The first kappa shape index (κ1) is 16.8. The number of hydrogen-bond donors (Lipinski definition) is 0. The first-order chi connectivity index (χ1) is 9.82. The maximum absolute atomic E-state index is 9.54. The molecule has 1 aliphatic carbocycles. The van der Waals surface area contributed by atoms with Gasteiger partial charge in [0.05, 0.1) is 12.0 Å². The SMILES string of the molecule is CC(C)C1CCN(C2CC(C(C)(C)C)CCC2C#N)CC1. The average molecular weight is 290 g/mol. The van der Waals surface area contributed by atoms with Gasteiger partial charge in [-0.15, -0.1) is 0 Å². The number of likely N-dealkylation sites (tertiary alicyclic amines) is 1. The molecule has 0 N–H and O–H groups in total. The van der Waals surface area contributed by atoms with Crippen LogP contribution in [0.5, 0.6) is 0 Å². The second kappa shape index (κ2) is 6.69. The number of nitriles is 1. The zero-order chi connectivity index (χ0) is 15.6. The molecule has 0 aromatic rings. The van der Waals surface area contributed by atoms with E-state index in [9.17, 15) is 5.26 Å². The van der Waals surface area contributed by atoms with E-state index in [0.717, 1.165) is 24.2 Å². The van der Waals surface area contributed by atoms with Gasteiger partial charge in [0.2, 0.25) is 0 Å². The molecule has 0 amide bonds. The smallest absolute Gasteiger partial charge is 0.0672 e. The summed E-state index contributed by atoms with van der Waals surface area (Å²) in [5, 5.41) is 9.54. The average Bonchev–Trinajstić information content (AvgIpc) is 2.45. The lowest BCUT2D eigenvalue weighted by molar-refractivity contribution is 0.0339. The minimum Gasteiger partial charge on any atom is -0.299 e. The van der Waals surface area contributed by atoms with Gasteiger partial charge in [-0.05, 0) is 68.4 Å². The fraction of sp³-hybridized carbons (Fsp3) is 0.947. The van der Waals surface area contributed by atoms with E-state index in [2.05, 4.69) is 45.6 Å². The molecule has 2 nitrogen and oxygen atoms in total. The van der Waals surface area contributed by atoms with Crippen molar-refractivity contribution < 1.29 is 0 Å². The lowest BCUT2D eigenvalue weighted by Gasteiger charge is -2.46. The van der Waals surface area contributed by atoms with Crippen LogP contribution in [0.3, 0.4) is 0 Å². The van der Waals surface area contributed by atoms with Gasteiger partial charge in [0.25, 0.3) is 0 Å². The third kappa shape index (κ3) is 4.01. The second-order valence-corrected chi connectivity index (χ2v) is 8.80. The zero-order valence-electron chi connectivity index (χ0n) is 14.7. The van der Waals surface area contributed by atoms with Crippen LogP contribution in [-0.2, 0) is 0 Å². The van der Waals surface area contributed by atoms with Gasteiger partial charge in [-0.25, -0.2) is 0 Å². The Morgan fingerprint density at radius 3 is 2.14 bits per heavy atom. The molecule has 21 heavy (non-hydrogen) atoms. The highest BCUT2D eigenvalue weighted by Crippen LogP contribution is 2.42. The number of piperidine rings is 1. The van der Waals surface area contributed by atoms with Gasteiger partial charge in [-0.3, -0.25) is 4.90 Å². The number of hydrogen-bond acceptors (Lipinski definition) is 2. The monoisotopic (exact) mass is 290 g/mol. The van der Waals surface area contributed by atoms with Crippen LogP contribution in [0.4, 0.5) is 0 Å². The summed E-state index contributed by atoms with van der Waals surface area (Å²) < 4.78 is 0. The van der Waals surface area contributed by atoms with E-state index in [1.54, 1.807) is 0 Å². The Morgan fingerprint density at radius 2 is 1.67 bits per heavy atom. The molecule has 0 radical (unpaired) electrons. The Bertz CT molecular complexity index is 366. The largest absolute Gasteiger partial charge is 0.299 e. The van der Waals surface area contributed by atoms with E-state index in [1.165, 1.54) is 38.8 Å². The van der Waals surface area contributed by atoms with Crippen molar-refractivity contribution in [3.05, 3.63) is 0 Å².